The summed E-state index contributed by atoms with van der Waals surface area (Å²) in [6.07, 6.45) is 19.8. The van der Waals surface area contributed by atoms with Crippen LogP contribution in [0.1, 0.15) is 367 Å². The monoisotopic (exact) mass is 1730 g/mol. The molecule has 8 aromatic heterocycles. The zero-order valence-electron chi connectivity index (χ0n) is 85.3. The number of fused-ring (bicyclic) bond motifs is 2. The fourth-order valence-corrected chi connectivity index (χ4v) is 15.3. The fraction of sp³-hybridized carbons (Fsp3) is 0.683. The molecule has 5 aliphatic rings. The van der Waals surface area contributed by atoms with E-state index in [0.717, 1.165) is 79.6 Å². The van der Waals surface area contributed by atoms with Crippen molar-refractivity contribution < 1.29 is 23.8 Å². The summed E-state index contributed by atoms with van der Waals surface area (Å²) in [6.45, 7) is 90.2. The summed E-state index contributed by atoms with van der Waals surface area (Å²) in [4.78, 5) is 68.8. The van der Waals surface area contributed by atoms with Crippen LogP contribution in [0, 0.1) is 54.6 Å². The zero-order valence-corrected chi connectivity index (χ0v) is 86.2. The predicted octanol–water partition coefficient (Wildman–Crippen LogP) is 23.8. The number of rotatable bonds is 2. The topological polar surface area (TPSA) is 248 Å². The van der Waals surface area contributed by atoms with Gasteiger partial charge >= 0.3 is 5.82 Å². The van der Waals surface area contributed by atoms with Crippen LogP contribution in [0.4, 0.5) is 5.82 Å². The smallest absolute Gasteiger partial charge is 0.367 e. The molecule has 4 aliphatic heterocycles. The van der Waals surface area contributed by atoms with E-state index in [9.17, 15) is 19.7 Å². The normalized spacial score (nSPS) is 16.8. The average molecular weight is 1730 g/mol. The summed E-state index contributed by atoms with van der Waals surface area (Å²) in [5.74, 6) is 3.51. The molecule has 124 heavy (non-hydrogen) atoms. The second kappa shape index (κ2) is 45.1. The van der Waals surface area contributed by atoms with Crippen molar-refractivity contribution in [2.24, 2.45) is 30.8 Å². The largest absolute Gasteiger partial charge is 0.375 e. The Morgan fingerprint density at radius 1 is 0.581 bits per heavy atom. The minimum atomic E-state index is -0.444. The molecule has 2 atom stereocenters. The molecule has 694 valence electrons. The van der Waals surface area contributed by atoms with E-state index in [2.05, 4.69) is 308 Å². The van der Waals surface area contributed by atoms with E-state index >= 15 is 0 Å². The molecule has 12 heterocycles. The van der Waals surface area contributed by atoms with Crippen LogP contribution in [0.3, 0.4) is 0 Å². The van der Waals surface area contributed by atoms with E-state index in [1.165, 1.54) is 71.5 Å². The Bertz CT molecular complexity index is 4510. The van der Waals surface area contributed by atoms with Gasteiger partial charge in [0.1, 0.15) is 6.20 Å². The van der Waals surface area contributed by atoms with Gasteiger partial charge in [-0.15, -0.1) is 11.3 Å². The predicted molar refractivity (Wildman–Crippen MR) is 514 cm³/mol. The van der Waals surface area contributed by atoms with Gasteiger partial charge in [-0.3, -0.25) is 43.8 Å². The molecular weight excluding hydrogens is 1570 g/mol. The third kappa shape index (κ3) is 37.1. The number of likely N-dealkylation sites (tertiary alicyclic amines) is 3. The van der Waals surface area contributed by atoms with Gasteiger partial charge in [0.2, 0.25) is 17.7 Å². The number of nitro groups is 1. The number of carbonyl (C=O) groups excluding carboxylic acids is 2. The van der Waals surface area contributed by atoms with Crippen molar-refractivity contribution in [3.8, 4) is 0 Å². The van der Waals surface area contributed by atoms with E-state index in [4.69, 9.17) is 9.26 Å². The van der Waals surface area contributed by atoms with Crippen molar-refractivity contribution in [2.75, 3.05) is 32.8 Å². The number of pyridine rings is 3. The van der Waals surface area contributed by atoms with Crippen LogP contribution in [0.25, 0.3) is 0 Å². The summed E-state index contributed by atoms with van der Waals surface area (Å²) in [5.41, 5.74) is 13.0. The number of nitrogens with zero attached hydrogens (tertiary/aromatic N) is 16. The number of morpholine rings is 1. The number of aromatic nitrogens is 12. The van der Waals surface area contributed by atoms with Gasteiger partial charge in [0.05, 0.1) is 34.7 Å². The third-order valence-electron chi connectivity index (χ3n) is 21.9. The standard InChI is InChI=1S/C11H21NO.C10H18N2.C10H19NO.2C10H15N.C9H12N2O2.C9H14N2O.C9H17NO.C8H14N2.C8H12N2.C7H11NS/c1-9(13)12-7-5-10(6-8-12)11(2,3)4;1-7-9(10(3,4)5)8(2)12(6)11-7;1-9(2,3)11-7-6-10(4,5)8(11)12;1-8-6-5-7-11-9(8)10(2,3)4;1-8-6-5-7-9(11-8)10(2,3)4;1-9(2,3)7-5-4-6-10-8(7)11(12)13;1-9(2,3)8-10-7(11-12-8)6-4-5-6;1-9(2,3)10-5-8-4-7(10)6-11-8;1-8(2,3)7-5-6-9-10(7)4;1-8(2,3)7-6-9-4-5-10-7;1-7(2,3)6-8-4-5-9-6/h10H,5-8H2,1-4H3;1-6H3;6-7H2,1-5H3;2*5-7H,1-4H3;4-6H,1-3H3;6H,4-5H2,1-3H3;7-8H,4-6H2,1-3H3;5-6H,1-4H3;4-6H,1-3H3;4-5H,1-3H3/t;;;;;;;7-,8-;;;/m.......1.../s1. The van der Waals surface area contributed by atoms with Crippen LogP contribution in [-0.2, 0) is 71.7 Å². The number of aryl methyl sites for hydroxylation is 5. The minimum absolute atomic E-state index is 0.00907. The lowest BCUT2D eigenvalue weighted by Gasteiger charge is -2.38. The van der Waals surface area contributed by atoms with Crippen molar-refractivity contribution in [2.45, 2.75) is 388 Å². The van der Waals surface area contributed by atoms with Crippen LogP contribution in [0.15, 0.2) is 102 Å². The number of carbonyl (C=O) groups is 2. The maximum Gasteiger partial charge on any atom is 0.367 e. The van der Waals surface area contributed by atoms with Crippen LogP contribution in [0.2, 0.25) is 0 Å². The van der Waals surface area contributed by atoms with Crippen molar-refractivity contribution >= 4 is 29.0 Å². The molecule has 22 nitrogen and oxygen atoms in total. The number of thiazole rings is 1. The lowest BCUT2D eigenvalue weighted by Crippen LogP contribution is -2.48. The molecule has 23 heteroatoms. The van der Waals surface area contributed by atoms with Crippen LogP contribution in [0.5, 0.6) is 0 Å². The van der Waals surface area contributed by atoms with Crippen LogP contribution in [-0.4, -0.2) is 147 Å². The van der Waals surface area contributed by atoms with Crippen molar-refractivity contribution in [3.63, 3.8) is 0 Å². The Morgan fingerprint density at radius 3 is 1.45 bits per heavy atom. The SMILES string of the molecule is CC(=O)N1CCC(C(C)(C)C)CC1.CC(C)(C)N1C[C@H]2C[C@@H]1CO2.CC(C)(C)c1cccnc1[N+](=O)[O-].CC(C)(C)c1cnccn1.CC(C)(C)c1nc(C2CC2)no1.CC(C)(C)c1nccs1.CC1(C)CCN(C(C)(C)C)C1=O.Cc1cccc(C(C)(C)C)n1.Cc1cccnc1C(C)(C)C.Cc1nn(C)c(C)c1C(C)(C)C.Cn1nccc1C(C)(C)C. The molecule has 5 fully saturated rings. The Morgan fingerprint density at radius 2 is 1.16 bits per heavy atom. The summed E-state index contributed by atoms with van der Waals surface area (Å²) >= 11 is 1.72. The van der Waals surface area contributed by atoms with Crippen molar-refractivity contribution in [3.05, 3.63) is 181 Å². The van der Waals surface area contributed by atoms with Gasteiger partial charge in [0.25, 0.3) is 0 Å². The van der Waals surface area contributed by atoms with Gasteiger partial charge in [0, 0.05) is 185 Å². The summed E-state index contributed by atoms with van der Waals surface area (Å²) in [5, 5.41) is 26.3. The molecule has 1 saturated carbocycles. The number of piperidine rings is 1. The number of ether oxygens (including phenoxy) is 1. The van der Waals surface area contributed by atoms with Crippen LogP contribution >= 0.6 is 11.3 Å². The molecule has 0 unspecified atom stereocenters. The minimum Gasteiger partial charge on any atom is -0.375 e. The number of hydrogen-bond donors (Lipinski definition) is 0. The van der Waals surface area contributed by atoms with Gasteiger partial charge in [-0.1, -0.05) is 218 Å². The molecule has 0 N–H and O–H groups in total. The van der Waals surface area contributed by atoms with E-state index in [-0.39, 0.29) is 66.0 Å². The maximum atomic E-state index is 11.8. The molecule has 8 aromatic rings. The molecule has 0 spiro atoms. The molecule has 0 aromatic carbocycles. The number of amides is 2. The first kappa shape index (κ1) is 110. The Labute approximate surface area is 754 Å². The summed E-state index contributed by atoms with van der Waals surface area (Å²) < 4.78 is 14.6. The molecular formula is C101H168N16O6S. The molecule has 4 saturated heterocycles. The highest BCUT2D eigenvalue weighted by Crippen LogP contribution is 2.40. The van der Waals surface area contributed by atoms with Gasteiger partial charge < -0.3 is 29.2 Å². The first-order valence-electron chi connectivity index (χ1n) is 44.7. The molecule has 2 amide bonds. The third-order valence-corrected chi connectivity index (χ3v) is 23.1. The highest BCUT2D eigenvalue weighted by Gasteiger charge is 2.45. The quantitative estimate of drug-likeness (QED) is 0.115. The van der Waals surface area contributed by atoms with Gasteiger partial charge in [-0.25, -0.2) is 4.98 Å². The lowest BCUT2D eigenvalue weighted by atomic mass is 9.75. The first-order valence-corrected chi connectivity index (χ1v) is 45.6. The molecule has 2 bridgehead atoms. The van der Waals surface area contributed by atoms with E-state index in [1.807, 2.05) is 111 Å². The highest BCUT2D eigenvalue weighted by molar-refractivity contribution is 7.09. The van der Waals surface area contributed by atoms with Gasteiger partial charge in [-0.2, -0.15) is 15.2 Å². The van der Waals surface area contributed by atoms with E-state index in [1.54, 1.807) is 49.0 Å². The maximum absolute atomic E-state index is 11.8. The van der Waals surface area contributed by atoms with E-state index < -0.39 is 4.92 Å². The molecule has 0 radical (unpaired) electrons. The second-order valence-electron chi connectivity index (χ2n) is 45.7. The Hall–Kier alpha value is -8.02. The second-order valence-corrected chi connectivity index (χ2v) is 46.6. The lowest BCUT2D eigenvalue weighted by molar-refractivity contribution is -0.390. The Balaban J connectivity index is 0.000000353. The number of hydrogen-bond acceptors (Lipinski definition) is 18. The average Bonchev–Trinajstić information content (AvgIpc) is 1.75. The highest BCUT2D eigenvalue weighted by atomic mass is 32.1. The molecule has 13 rings (SSSR count). The van der Waals surface area contributed by atoms with Gasteiger partial charge in [0.15, 0.2) is 5.82 Å². The zero-order chi connectivity index (χ0) is 95.3. The van der Waals surface area contributed by atoms with Gasteiger partial charge in [-0.05, 0) is 182 Å². The summed E-state index contributed by atoms with van der Waals surface area (Å²) in [6, 6.07) is 16.5. The van der Waals surface area contributed by atoms with Crippen molar-refractivity contribution in [1.82, 2.24) is 74.3 Å². The first-order chi connectivity index (χ1) is 56.3. The summed E-state index contributed by atoms with van der Waals surface area (Å²) in [7, 11) is 3.97. The van der Waals surface area contributed by atoms with Crippen molar-refractivity contribution in [1.29, 1.82) is 0 Å². The Kier molecular flexibility index (Phi) is 40.1. The molecule has 1 aliphatic carbocycles. The fourth-order valence-electron chi connectivity index (χ4n) is 14.5. The van der Waals surface area contributed by atoms with Crippen LogP contribution < -0.4 is 0 Å². The van der Waals surface area contributed by atoms with E-state index in [0.29, 0.717) is 40.5 Å².